The van der Waals surface area contributed by atoms with Crippen LogP contribution in [0.2, 0.25) is 0 Å². The summed E-state index contributed by atoms with van der Waals surface area (Å²) in [7, 11) is 0. The van der Waals surface area contributed by atoms with E-state index in [0.717, 1.165) is 11.6 Å². The number of anilines is 1. The number of nitro groups is 1. The summed E-state index contributed by atoms with van der Waals surface area (Å²) < 4.78 is 10.5. The number of rotatable bonds is 8. The van der Waals surface area contributed by atoms with E-state index in [2.05, 4.69) is 10.5 Å². The van der Waals surface area contributed by atoms with E-state index < -0.39 is 10.9 Å². The molecule has 0 aliphatic heterocycles. The molecule has 0 radical (unpaired) electrons. The van der Waals surface area contributed by atoms with Crippen molar-refractivity contribution < 1.29 is 24.1 Å². The van der Waals surface area contributed by atoms with Gasteiger partial charge in [0.05, 0.1) is 17.1 Å². The van der Waals surface area contributed by atoms with Crippen LogP contribution in [-0.4, -0.2) is 34.3 Å². The zero-order valence-electron chi connectivity index (χ0n) is 14.7. The van der Waals surface area contributed by atoms with Gasteiger partial charge in [0.1, 0.15) is 12.3 Å². The molecule has 1 aromatic heterocycles. The van der Waals surface area contributed by atoms with Gasteiger partial charge >= 0.3 is 5.97 Å². The van der Waals surface area contributed by atoms with Crippen molar-refractivity contribution in [1.82, 2.24) is 5.16 Å². The quantitative estimate of drug-likeness (QED) is 0.345. The van der Waals surface area contributed by atoms with Crippen molar-refractivity contribution in [3.8, 4) is 11.3 Å². The molecule has 0 atom stereocenters. The number of esters is 1. The number of nitrogens with zero attached hydrogens (tertiary/aromatic N) is 2. The summed E-state index contributed by atoms with van der Waals surface area (Å²) in [6.07, 6.45) is 0. The van der Waals surface area contributed by atoms with Crippen molar-refractivity contribution in [3.63, 3.8) is 0 Å². The average Bonchev–Trinajstić information content (AvgIpc) is 3.20. The van der Waals surface area contributed by atoms with Crippen LogP contribution >= 0.6 is 0 Å². The molecule has 144 valence electrons. The van der Waals surface area contributed by atoms with Gasteiger partial charge in [0.2, 0.25) is 0 Å². The van der Waals surface area contributed by atoms with Crippen LogP contribution in [-0.2, 0) is 11.3 Å². The molecule has 3 rings (SSSR count). The number of carbonyl (C=O) groups is 1. The normalized spacial score (nSPS) is 10.5. The second-order valence-corrected chi connectivity index (χ2v) is 5.76. The van der Waals surface area contributed by atoms with Crippen LogP contribution in [0.15, 0.2) is 59.1 Å². The number of aromatic nitrogens is 1. The molecule has 28 heavy (non-hydrogen) atoms. The van der Waals surface area contributed by atoms with Crippen LogP contribution < -0.4 is 5.32 Å². The number of carbonyl (C=O) groups excluding carboxylic acids is 1. The van der Waals surface area contributed by atoms with Crippen LogP contribution in [0.5, 0.6) is 0 Å². The Labute approximate surface area is 159 Å². The smallest absolute Gasteiger partial charge is 0.340 e. The van der Waals surface area contributed by atoms with E-state index in [1.807, 2.05) is 30.3 Å². The Morgan fingerprint density at radius 1 is 1.21 bits per heavy atom. The van der Waals surface area contributed by atoms with Crippen LogP contribution in [0.1, 0.15) is 16.1 Å². The summed E-state index contributed by atoms with van der Waals surface area (Å²) in [5.41, 5.74) is 1.32. The maximum absolute atomic E-state index is 12.4. The zero-order chi connectivity index (χ0) is 19.9. The average molecular weight is 383 g/mol. The fourth-order valence-electron chi connectivity index (χ4n) is 2.49. The van der Waals surface area contributed by atoms with Gasteiger partial charge in [-0.15, -0.1) is 0 Å². The van der Waals surface area contributed by atoms with Crippen LogP contribution in [0.25, 0.3) is 11.3 Å². The monoisotopic (exact) mass is 383 g/mol. The lowest BCUT2D eigenvalue weighted by atomic mass is 10.1. The highest BCUT2D eigenvalue weighted by Gasteiger charge is 2.19. The van der Waals surface area contributed by atoms with Crippen molar-refractivity contribution in [2.24, 2.45) is 0 Å². The van der Waals surface area contributed by atoms with Gasteiger partial charge in [-0.2, -0.15) is 0 Å². The lowest BCUT2D eigenvalue weighted by Gasteiger charge is -2.10. The molecule has 0 unspecified atom stereocenters. The third-order valence-electron chi connectivity index (χ3n) is 3.83. The summed E-state index contributed by atoms with van der Waals surface area (Å²) in [5, 5.41) is 26.6. The van der Waals surface area contributed by atoms with Gasteiger partial charge < -0.3 is 19.7 Å². The van der Waals surface area contributed by atoms with E-state index in [1.165, 1.54) is 12.1 Å². The van der Waals surface area contributed by atoms with Gasteiger partial charge in [-0.05, 0) is 6.07 Å². The van der Waals surface area contributed by atoms with Gasteiger partial charge in [-0.3, -0.25) is 10.1 Å². The molecule has 1 heterocycles. The number of benzene rings is 2. The van der Waals surface area contributed by atoms with E-state index in [4.69, 9.17) is 14.4 Å². The molecule has 0 spiro atoms. The first kappa shape index (κ1) is 19.1. The molecule has 9 nitrogen and oxygen atoms in total. The number of aliphatic hydroxyl groups excluding tert-OH is 1. The number of hydrogen-bond acceptors (Lipinski definition) is 8. The molecular formula is C19H17N3O6. The topological polar surface area (TPSA) is 128 Å². The first-order chi connectivity index (χ1) is 13.6. The van der Waals surface area contributed by atoms with Crippen molar-refractivity contribution in [3.05, 3.63) is 76.0 Å². The minimum Gasteiger partial charge on any atom is -0.455 e. The van der Waals surface area contributed by atoms with E-state index >= 15 is 0 Å². The molecule has 2 N–H and O–H groups in total. The second kappa shape index (κ2) is 8.78. The highest BCUT2D eigenvalue weighted by molar-refractivity contribution is 5.96. The van der Waals surface area contributed by atoms with Crippen LogP contribution in [0.4, 0.5) is 11.4 Å². The predicted octanol–water partition coefficient (Wildman–Crippen LogP) is 3.01. The minimum absolute atomic E-state index is 0.00516. The van der Waals surface area contributed by atoms with Crippen LogP contribution in [0, 0.1) is 10.1 Å². The molecule has 0 aliphatic carbocycles. The third kappa shape index (κ3) is 4.51. The molecular weight excluding hydrogens is 366 g/mol. The maximum atomic E-state index is 12.4. The Morgan fingerprint density at radius 3 is 2.71 bits per heavy atom. The van der Waals surface area contributed by atoms with Crippen molar-refractivity contribution in [1.29, 1.82) is 0 Å². The molecule has 0 aliphatic rings. The van der Waals surface area contributed by atoms with E-state index in [0.29, 0.717) is 17.1 Å². The fourth-order valence-corrected chi connectivity index (χ4v) is 2.49. The third-order valence-corrected chi connectivity index (χ3v) is 3.83. The Bertz CT molecular complexity index is 971. The second-order valence-electron chi connectivity index (χ2n) is 5.76. The number of nitro benzene ring substituents is 1. The first-order valence-corrected chi connectivity index (χ1v) is 8.40. The summed E-state index contributed by atoms with van der Waals surface area (Å²) in [6, 6.07) is 14.8. The molecule has 0 saturated carbocycles. The first-order valence-electron chi connectivity index (χ1n) is 8.40. The highest BCUT2D eigenvalue weighted by atomic mass is 16.6. The Kier molecular flexibility index (Phi) is 5.97. The summed E-state index contributed by atoms with van der Waals surface area (Å²) in [4.78, 5) is 22.8. The summed E-state index contributed by atoms with van der Waals surface area (Å²) >= 11 is 0. The van der Waals surface area contributed by atoms with Gasteiger partial charge in [-0.1, -0.05) is 35.5 Å². The van der Waals surface area contributed by atoms with Gasteiger partial charge in [0.25, 0.3) is 5.69 Å². The van der Waals surface area contributed by atoms with E-state index in [1.54, 1.807) is 6.07 Å². The zero-order valence-corrected chi connectivity index (χ0v) is 14.7. The number of nitrogens with one attached hydrogen (secondary N) is 1. The van der Waals surface area contributed by atoms with E-state index in [-0.39, 0.29) is 31.0 Å². The van der Waals surface area contributed by atoms with E-state index in [9.17, 15) is 14.9 Å². The van der Waals surface area contributed by atoms with Crippen LogP contribution in [0.3, 0.4) is 0 Å². The largest absolute Gasteiger partial charge is 0.455 e. The number of aliphatic hydroxyl groups is 1. The molecule has 0 saturated heterocycles. The predicted molar refractivity (Wildman–Crippen MR) is 99.7 cm³/mol. The number of ether oxygens (including phenoxy) is 1. The molecule has 9 heteroatoms. The summed E-state index contributed by atoms with van der Waals surface area (Å²) in [6.45, 7) is -0.133. The van der Waals surface area contributed by atoms with Gasteiger partial charge in [0, 0.05) is 36.0 Å². The maximum Gasteiger partial charge on any atom is 0.340 e. The molecule has 0 fully saturated rings. The number of non-ortho nitro benzene ring substituents is 1. The molecule has 2 aromatic carbocycles. The standard InChI is InChI=1S/C19H17N3O6/c23-9-8-20-17-7-6-15(22(25)26)11-16(17)19(24)27-12-14-10-18(28-21-14)13-4-2-1-3-5-13/h1-7,10-11,20,23H,8-9,12H2. The van der Waals surface area contributed by atoms with Crippen molar-refractivity contribution >= 4 is 17.3 Å². The lowest BCUT2D eigenvalue weighted by molar-refractivity contribution is -0.384. The SMILES string of the molecule is O=C(OCc1cc(-c2ccccc2)on1)c1cc([N+](=O)[O-])ccc1NCCO. The van der Waals surface area contributed by atoms with Gasteiger partial charge in [0.15, 0.2) is 5.76 Å². The number of hydrogen-bond donors (Lipinski definition) is 2. The molecule has 3 aromatic rings. The summed E-state index contributed by atoms with van der Waals surface area (Å²) in [5.74, 6) is -0.222. The Balaban J connectivity index is 1.73. The Morgan fingerprint density at radius 2 is 2.00 bits per heavy atom. The lowest BCUT2D eigenvalue weighted by Crippen LogP contribution is -2.13. The molecule has 0 bridgehead atoms. The highest BCUT2D eigenvalue weighted by Crippen LogP contribution is 2.24. The molecule has 0 amide bonds. The Hall–Kier alpha value is -3.72. The fraction of sp³-hybridized carbons (Fsp3) is 0.158. The minimum atomic E-state index is -0.756. The van der Waals surface area contributed by atoms with Crippen molar-refractivity contribution in [2.45, 2.75) is 6.61 Å². The van der Waals surface area contributed by atoms with Crippen molar-refractivity contribution in [2.75, 3.05) is 18.5 Å². The van der Waals surface area contributed by atoms with Gasteiger partial charge in [-0.25, -0.2) is 4.79 Å².